The van der Waals surface area contributed by atoms with E-state index in [2.05, 4.69) is 6.58 Å². The van der Waals surface area contributed by atoms with E-state index < -0.39 is 7.60 Å². The normalized spacial score (nSPS) is 25.5. The molecular weight excluding hydrogens is 239 g/mol. The summed E-state index contributed by atoms with van der Waals surface area (Å²) in [5.74, 6) is 0.637. The van der Waals surface area contributed by atoms with E-state index in [9.17, 15) is 4.57 Å². The molecule has 2 atom stereocenters. The van der Waals surface area contributed by atoms with E-state index in [1.807, 2.05) is 19.1 Å². The summed E-state index contributed by atoms with van der Waals surface area (Å²) in [4.78, 5) is 0. The fourth-order valence-electron chi connectivity index (χ4n) is 1.91. The first-order valence-corrected chi connectivity index (χ1v) is 7.54. The quantitative estimate of drug-likeness (QED) is 0.541. The molecule has 0 bridgehead atoms. The Balaban J connectivity index is 2.92. The second kappa shape index (κ2) is 6.39. The first-order chi connectivity index (χ1) is 8.07. The van der Waals surface area contributed by atoms with Crippen LogP contribution in [-0.4, -0.2) is 25.0 Å². The molecule has 1 aliphatic heterocycles. The third-order valence-electron chi connectivity index (χ3n) is 2.53. The summed E-state index contributed by atoms with van der Waals surface area (Å²) in [6.07, 6.45) is 4.00. The Morgan fingerprint density at radius 1 is 1.47 bits per heavy atom. The zero-order valence-corrected chi connectivity index (χ0v) is 11.6. The van der Waals surface area contributed by atoms with Gasteiger partial charge in [-0.1, -0.05) is 12.7 Å². The van der Waals surface area contributed by atoms with Gasteiger partial charge in [-0.2, -0.15) is 0 Å². The van der Waals surface area contributed by atoms with E-state index in [0.717, 1.165) is 0 Å². The Bertz CT molecular complexity index is 327. The van der Waals surface area contributed by atoms with Crippen LogP contribution in [0.25, 0.3) is 0 Å². The van der Waals surface area contributed by atoms with Gasteiger partial charge < -0.3 is 13.8 Å². The summed E-state index contributed by atoms with van der Waals surface area (Å²) >= 11 is 0. The van der Waals surface area contributed by atoms with Crippen molar-refractivity contribution in [1.29, 1.82) is 0 Å². The van der Waals surface area contributed by atoms with Gasteiger partial charge in [-0.3, -0.25) is 4.57 Å². The maximum Gasteiger partial charge on any atom is 0.338 e. The Morgan fingerprint density at radius 2 is 2.06 bits per heavy atom. The Labute approximate surface area is 103 Å². The highest BCUT2D eigenvalue weighted by Crippen LogP contribution is 2.58. The molecule has 0 aromatic rings. The molecular formula is C12H21O4P. The smallest absolute Gasteiger partial charge is 0.338 e. The standard InChI is InChI=1S/C12H21O4P/c1-5-8-11-12(9-10(4)16-11)17(13,14-6-2)15-7-3/h5,8,11-12H,4,6-7,9H2,1-3H3/b8-5+. The molecule has 0 saturated carbocycles. The van der Waals surface area contributed by atoms with Crippen LogP contribution < -0.4 is 0 Å². The van der Waals surface area contributed by atoms with Crippen LogP contribution in [0.4, 0.5) is 0 Å². The Kier molecular flexibility index (Phi) is 5.44. The molecule has 0 N–H and O–H groups in total. The van der Waals surface area contributed by atoms with E-state index in [1.54, 1.807) is 13.8 Å². The zero-order valence-electron chi connectivity index (χ0n) is 10.7. The third-order valence-corrected chi connectivity index (χ3v) is 5.05. The van der Waals surface area contributed by atoms with Gasteiger partial charge in [0.1, 0.15) is 11.8 Å². The molecule has 1 aliphatic rings. The molecule has 1 heterocycles. The first kappa shape index (κ1) is 14.5. The topological polar surface area (TPSA) is 44.8 Å². The van der Waals surface area contributed by atoms with E-state index >= 15 is 0 Å². The molecule has 0 amide bonds. The predicted octanol–water partition coefficient (Wildman–Crippen LogP) is 3.50. The predicted molar refractivity (Wildman–Crippen MR) is 68.1 cm³/mol. The number of ether oxygens (including phenoxy) is 1. The molecule has 2 unspecified atom stereocenters. The molecule has 0 aromatic heterocycles. The van der Waals surface area contributed by atoms with E-state index in [1.165, 1.54) is 0 Å². The second-order valence-electron chi connectivity index (χ2n) is 3.79. The lowest BCUT2D eigenvalue weighted by Crippen LogP contribution is -2.22. The SMILES string of the molecule is C=C1CC(P(=O)(OCC)OCC)C(/C=C/C)O1. The van der Waals surface area contributed by atoms with Gasteiger partial charge in [0.15, 0.2) is 0 Å². The van der Waals surface area contributed by atoms with Crippen molar-refractivity contribution in [2.75, 3.05) is 13.2 Å². The van der Waals surface area contributed by atoms with Crippen molar-refractivity contribution >= 4 is 7.60 Å². The van der Waals surface area contributed by atoms with Crippen LogP contribution in [-0.2, 0) is 18.3 Å². The molecule has 0 radical (unpaired) electrons. The molecule has 0 aliphatic carbocycles. The lowest BCUT2D eigenvalue weighted by Gasteiger charge is -2.24. The monoisotopic (exact) mass is 260 g/mol. The molecule has 1 rings (SSSR count). The van der Waals surface area contributed by atoms with Crippen molar-refractivity contribution in [3.05, 3.63) is 24.5 Å². The minimum Gasteiger partial charge on any atom is -0.490 e. The highest BCUT2D eigenvalue weighted by atomic mass is 31.2. The van der Waals surface area contributed by atoms with Gasteiger partial charge in [0, 0.05) is 6.42 Å². The summed E-state index contributed by atoms with van der Waals surface area (Å²) in [7, 11) is -3.13. The lowest BCUT2D eigenvalue weighted by molar-refractivity contribution is 0.176. The number of rotatable bonds is 6. The highest BCUT2D eigenvalue weighted by Gasteiger charge is 2.45. The first-order valence-electron chi connectivity index (χ1n) is 5.93. The summed E-state index contributed by atoms with van der Waals surface area (Å²) < 4.78 is 28.9. The molecule has 1 fully saturated rings. The molecule has 0 aromatic carbocycles. The average Bonchev–Trinajstić information content (AvgIpc) is 2.61. The fraction of sp³-hybridized carbons (Fsp3) is 0.667. The van der Waals surface area contributed by atoms with Crippen LogP contribution in [0.15, 0.2) is 24.5 Å². The van der Waals surface area contributed by atoms with Crippen LogP contribution in [0, 0.1) is 0 Å². The van der Waals surface area contributed by atoms with Crippen molar-refractivity contribution < 1.29 is 18.3 Å². The van der Waals surface area contributed by atoms with Crippen molar-refractivity contribution in [3.63, 3.8) is 0 Å². The van der Waals surface area contributed by atoms with Gasteiger partial charge in [0.05, 0.1) is 19.0 Å². The fourth-order valence-corrected chi connectivity index (χ4v) is 4.03. The van der Waals surface area contributed by atoms with Crippen molar-refractivity contribution in [3.8, 4) is 0 Å². The van der Waals surface area contributed by atoms with Gasteiger partial charge in [-0.15, -0.1) is 0 Å². The second-order valence-corrected chi connectivity index (χ2v) is 6.05. The van der Waals surface area contributed by atoms with E-state index in [0.29, 0.717) is 25.4 Å². The summed E-state index contributed by atoms with van der Waals surface area (Å²) in [5, 5.41) is 0. The Morgan fingerprint density at radius 3 is 2.53 bits per heavy atom. The minimum atomic E-state index is -3.13. The van der Waals surface area contributed by atoms with Crippen LogP contribution in [0.1, 0.15) is 27.2 Å². The zero-order chi connectivity index (χ0) is 12.9. The Hall–Kier alpha value is -0.570. The van der Waals surface area contributed by atoms with Crippen molar-refractivity contribution in [2.24, 2.45) is 0 Å². The van der Waals surface area contributed by atoms with Crippen molar-refractivity contribution in [1.82, 2.24) is 0 Å². The molecule has 17 heavy (non-hydrogen) atoms. The maximum atomic E-state index is 12.6. The largest absolute Gasteiger partial charge is 0.490 e. The number of hydrogen-bond acceptors (Lipinski definition) is 4. The van der Waals surface area contributed by atoms with Gasteiger partial charge in [-0.05, 0) is 26.8 Å². The number of allylic oxidation sites excluding steroid dienone is 2. The lowest BCUT2D eigenvalue weighted by atomic mass is 10.2. The third kappa shape index (κ3) is 3.44. The van der Waals surface area contributed by atoms with Gasteiger partial charge in [0.2, 0.25) is 0 Å². The summed E-state index contributed by atoms with van der Waals surface area (Å²) in [6.45, 7) is 10.0. The maximum absolute atomic E-state index is 12.6. The average molecular weight is 260 g/mol. The van der Waals surface area contributed by atoms with Crippen LogP contribution in [0.2, 0.25) is 0 Å². The molecule has 98 valence electrons. The molecule has 4 nitrogen and oxygen atoms in total. The van der Waals surface area contributed by atoms with Gasteiger partial charge >= 0.3 is 7.60 Å². The summed E-state index contributed by atoms with van der Waals surface area (Å²) in [5.41, 5.74) is -0.286. The molecule has 5 heteroatoms. The van der Waals surface area contributed by atoms with Crippen LogP contribution in [0.5, 0.6) is 0 Å². The van der Waals surface area contributed by atoms with Gasteiger partial charge in [0.25, 0.3) is 0 Å². The molecule has 1 saturated heterocycles. The van der Waals surface area contributed by atoms with Gasteiger partial charge in [-0.25, -0.2) is 0 Å². The highest BCUT2D eigenvalue weighted by molar-refractivity contribution is 7.54. The number of hydrogen-bond donors (Lipinski definition) is 0. The van der Waals surface area contributed by atoms with E-state index in [-0.39, 0.29) is 11.8 Å². The molecule has 0 spiro atoms. The van der Waals surface area contributed by atoms with E-state index in [4.69, 9.17) is 13.8 Å². The summed E-state index contributed by atoms with van der Waals surface area (Å²) in [6, 6.07) is 0. The van der Waals surface area contributed by atoms with Crippen LogP contribution >= 0.6 is 7.60 Å². The van der Waals surface area contributed by atoms with Crippen LogP contribution in [0.3, 0.4) is 0 Å². The minimum absolute atomic E-state index is 0.267. The van der Waals surface area contributed by atoms with Crippen molar-refractivity contribution in [2.45, 2.75) is 39.0 Å².